The van der Waals surface area contributed by atoms with Gasteiger partial charge in [0.2, 0.25) is 5.91 Å². The highest BCUT2D eigenvalue weighted by atomic mass is 19.1. The van der Waals surface area contributed by atoms with E-state index in [-0.39, 0.29) is 47.9 Å². The first-order chi connectivity index (χ1) is 17.8. The molecular formula is C26H29F2N5O4. The fourth-order valence-electron chi connectivity index (χ4n) is 4.64. The summed E-state index contributed by atoms with van der Waals surface area (Å²) in [5.41, 5.74) is 2.27. The van der Waals surface area contributed by atoms with Gasteiger partial charge in [-0.05, 0) is 44.2 Å². The van der Waals surface area contributed by atoms with Crippen LogP contribution in [0.25, 0.3) is 22.3 Å². The van der Waals surface area contributed by atoms with Crippen molar-refractivity contribution in [3.05, 3.63) is 41.1 Å². The van der Waals surface area contributed by atoms with Crippen molar-refractivity contribution in [2.75, 3.05) is 33.4 Å². The first-order valence-corrected chi connectivity index (χ1v) is 12.3. The zero-order chi connectivity index (χ0) is 26.3. The van der Waals surface area contributed by atoms with Crippen LogP contribution in [-0.2, 0) is 9.53 Å². The second-order valence-corrected chi connectivity index (χ2v) is 9.72. The largest absolute Gasteiger partial charge is 0.492 e. The Balaban J connectivity index is 1.46. The maximum atomic E-state index is 15.4. The van der Waals surface area contributed by atoms with Crippen molar-refractivity contribution < 1.29 is 27.8 Å². The van der Waals surface area contributed by atoms with Crippen molar-refractivity contribution in [3.63, 3.8) is 0 Å². The van der Waals surface area contributed by atoms with Crippen LogP contribution in [0, 0.1) is 25.6 Å². The van der Waals surface area contributed by atoms with E-state index in [4.69, 9.17) is 9.47 Å². The fourth-order valence-corrected chi connectivity index (χ4v) is 4.64. The lowest BCUT2D eigenvalue weighted by molar-refractivity contribution is -0.134. The van der Waals surface area contributed by atoms with Crippen molar-refractivity contribution in [2.24, 2.45) is 5.92 Å². The fraction of sp³-hybridized carbons (Fsp3) is 0.462. The lowest BCUT2D eigenvalue weighted by Gasteiger charge is -2.16. The van der Waals surface area contributed by atoms with Crippen molar-refractivity contribution >= 4 is 22.8 Å². The lowest BCUT2D eigenvalue weighted by Crippen LogP contribution is -2.42. The number of carbonyl (C=O) groups excluding carboxylic acids is 2. The molecule has 2 aliphatic rings. The Morgan fingerprint density at radius 3 is 2.73 bits per heavy atom. The molecule has 1 saturated heterocycles. The number of ether oxygens (including phenoxy) is 2. The summed E-state index contributed by atoms with van der Waals surface area (Å²) in [6.07, 6.45) is 2.03. The predicted molar refractivity (Wildman–Crippen MR) is 132 cm³/mol. The number of carbonyl (C=O) groups is 2. The summed E-state index contributed by atoms with van der Waals surface area (Å²) in [7, 11) is 1.39. The molecule has 2 N–H and O–H groups in total. The van der Waals surface area contributed by atoms with E-state index < -0.39 is 23.9 Å². The van der Waals surface area contributed by atoms with Crippen molar-refractivity contribution in [2.45, 2.75) is 38.9 Å². The van der Waals surface area contributed by atoms with Crippen LogP contribution in [0.4, 0.5) is 8.78 Å². The number of hydrogen-bond donors (Lipinski definition) is 2. The molecule has 0 unspecified atom stereocenters. The van der Waals surface area contributed by atoms with E-state index in [1.165, 1.54) is 18.3 Å². The second kappa shape index (κ2) is 10.0. The van der Waals surface area contributed by atoms with E-state index in [1.54, 1.807) is 26.0 Å². The molecule has 1 aliphatic carbocycles. The number of nitrogens with one attached hydrogen (secondary N) is 2. The van der Waals surface area contributed by atoms with Gasteiger partial charge in [-0.1, -0.05) is 6.07 Å². The summed E-state index contributed by atoms with van der Waals surface area (Å²) in [6.45, 7) is 3.60. The third-order valence-electron chi connectivity index (χ3n) is 6.89. The number of benzene rings is 1. The molecule has 0 bridgehead atoms. The average Bonchev–Trinajstić information content (AvgIpc) is 3.53. The maximum absolute atomic E-state index is 15.4. The minimum absolute atomic E-state index is 0.0347. The Hall–Kier alpha value is -3.60. The molecule has 1 aromatic carbocycles. The molecule has 1 aliphatic heterocycles. The third-order valence-corrected chi connectivity index (χ3v) is 6.89. The van der Waals surface area contributed by atoms with Crippen LogP contribution in [0.3, 0.4) is 0 Å². The maximum Gasteiger partial charge on any atom is 0.255 e. The number of alkyl halides is 1. The third kappa shape index (κ3) is 4.87. The number of hydrogen-bond acceptors (Lipinski definition) is 6. The van der Waals surface area contributed by atoms with Gasteiger partial charge in [0.1, 0.15) is 41.9 Å². The Bertz CT molecular complexity index is 1360. The molecule has 2 aromatic heterocycles. The van der Waals surface area contributed by atoms with Crippen LogP contribution in [0.2, 0.25) is 0 Å². The monoisotopic (exact) mass is 513 g/mol. The molecule has 3 aromatic rings. The molecular weight excluding hydrogens is 484 g/mol. The number of methoxy groups -OCH3 is 1. The van der Waals surface area contributed by atoms with Gasteiger partial charge < -0.3 is 24.7 Å². The summed E-state index contributed by atoms with van der Waals surface area (Å²) in [5.74, 6) is -0.500. The van der Waals surface area contributed by atoms with Gasteiger partial charge in [-0.15, -0.1) is 0 Å². The van der Waals surface area contributed by atoms with Gasteiger partial charge in [-0.2, -0.15) is 0 Å². The number of H-pyrrole nitrogens is 1. The minimum Gasteiger partial charge on any atom is -0.492 e. The van der Waals surface area contributed by atoms with Crippen LogP contribution in [0.1, 0.15) is 34.5 Å². The van der Waals surface area contributed by atoms with Gasteiger partial charge in [-0.25, -0.2) is 18.7 Å². The molecule has 11 heteroatoms. The van der Waals surface area contributed by atoms with Crippen LogP contribution in [-0.4, -0.2) is 77.3 Å². The number of fused-ring (bicyclic) bond motifs is 1. The van der Waals surface area contributed by atoms with Crippen LogP contribution < -0.4 is 10.1 Å². The molecule has 5 rings (SSSR count). The highest BCUT2D eigenvalue weighted by Gasteiger charge is 2.37. The van der Waals surface area contributed by atoms with E-state index in [2.05, 4.69) is 20.3 Å². The van der Waals surface area contributed by atoms with E-state index in [1.807, 2.05) is 0 Å². The summed E-state index contributed by atoms with van der Waals surface area (Å²) in [4.78, 5) is 38.4. The molecule has 1 saturated carbocycles. The number of nitrogens with zero attached hydrogens (tertiary/aromatic N) is 3. The molecule has 196 valence electrons. The van der Waals surface area contributed by atoms with Crippen LogP contribution in [0.5, 0.6) is 5.75 Å². The van der Waals surface area contributed by atoms with Gasteiger partial charge in [0.25, 0.3) is 5.91 Å². The first kappa shape index (κ1) is 25.1. The van der Waals surface area contributed by atoms with E-state index in [9.17, 15) is 14.0 Å². The van der Waals surface area contributed by atoms with Crippen LogP contribution in [0.15, 0.2) is 18.5 Å². The predicted octanol–water partition coefficient (Wildman–Crippen LogP) is 3.09. The van der Waals surface area contributed by atoms with E-state index in [0.717, 1.165) is 12.8 Å². The number of amides is 2. The quantitative estimate of drug-likeness (QED) is 0.479. The van der Waals surface area contributed by atoms with Gasteiger partial charge >= 0.3 is 0 Å². The highest BCUT2D eigenvalue weighted by Crippen LogP contribution is 2.39. The molecule has 2 fully saturated rings. The Labute approximate surface area is 212 Å². The number of likely N-dealkylation sites (tertiary alicyclic amines) is 1. The average molecular weight is 514 g/mol. The molecule has 2 amide bonds. The van der Waals surface area contributed by atoms with Crippen molar-refractivity contribution in [1.82, 2.24) is 25.2 Å². The van der Waals surface area contributed by atoms with Crippen molar-refractivity contribution in [1.29, 1.82) is 0 Å². The summed E-state index contributed by atoms with van der Waals surface area (Å²) >= 11 is 0. The number of aromatic nitrogens is 3. The molecule has 0 spiro atoms. The van der Waals surface area contributed by atoms with Gasteiger partial charge in [0.15, 0.2) is 0 Å². The van der Waals surface area contributed by atoms with E-state index >= 15 is 4.39 Å². The zero-order valence-electron chi connectivity index (χ0n) is 20.9. The Kier molecular flexibility index (Phi) is 6.80. The first-order valence-electron chi connectivity index (χ1n) is 12.3. The summed E-state index contributed by atoms with van der Waals surface area (Å²) in [5, 5.41) is 2.69. The minimum atomic E-state index is -1.42. The number of aryl methyl sites for hydroxylation is 2. The van der Waals surface area contributed by atoms with Gasteiger partial charge in [-0.3, -0.25) is 9.59 Å². The molecule has 9 nitrogen and oxygen atoms in total. The summed E-state index contributed by atoms with van der Waals surface area (Å²) < 4.78 is 40.9. The topological polar surface area (TPSA) is 109 Å². The summed E-state index contributed by atoms with van der Waals surface area (Å²) in [6, 6.07) is 2.51. The molecule has 37 heavy (non-hydrogen) atoms. The van der Waals surface area contributed by atoms with Crippen LogP contribution >= 0.6 is 0 Å². The molecule has 3 heterocycles. The number of halogens is 2. The Morgan fingerprint density at radius 1 is 1.22 bits per heavy atom. The van der Waals surface area contributed by atoms with Crippen molar-refractivity contribution in [3.8, 4) is 17.0 Å². The molecule has 2 atom stereocenters. The van der Waals surface area contributed by atoms with Gasteiger partial charge in [0.05, 0.1) is 35.8 Å². The smallest absolute Gasteiger partial charge is 0.255 e. The highest BCUT2D eigenvalue weighted by molar-refractivity contribution is 6.09. The SMILES string of the molecule is COCC(=O)N1C[C@@H](F)[C@H](NC(=O)c2c(C)[nH]c3c(-c4c(OCC5CC5)ccc(C)c4F)ncnc23)C1. The number of rotatable bonds is 8. The lowest BCUT2D eigenvalue weighted by atomic mass is 10.0. The second-order valence-electron chi connectivity index (χ2n) is 9.72. The Morgan fingerprint density at radius 2 is 2.00 bits per heavy atom. The number of aromatic amines is 1. The zero-order valence-corrected chi connectivity index (χ0v) is 20.9. The van der Waals surface area contributed by atoms with Gasteiger partial charge in [0, 0.05) is 19.3 Å². The standard InChI is InChI=1S/C26H29F2N5O4/c1-13-4-7-18(37-10-15-5-6-15)21(22(13)28)24-25-23(29-12-30-24)20(14(2)31-25)26(35)32-17-9-33(8-16(17)27)19(34)11-36-3/h4,7,12,15-17,31H,5-6,8-11H2,1-3H3,(H,32,35)/t16-,17-/m1/s1. The molecule has 0 radical (unpaired) electrons. The van der Waals surface area contributed by atoms with E-state index in [0.29, 0.717) is 35.0 Å². The normalized spacial score (nSPS) is 19.4.